The van der Waals surface area contributed by atoms with Crippen LogP contribution in [-0.2, 0) is 27.4 Å². The lowest BCUT2D eigenvalue weighted by molar-refractivity contribution is -0.136. The number of benzene rings is 1. The fourth-order valence-electron chi connectivity index (χ4n) is 4.38. The van der Waals surface area contributed by atoms with Gasteiger partial charge in [-0.15, -0.1) is 0 Å². The normalized spacial score (nSPS) is 26.0. The summed E-state index contributed by atoms with van der Waals surface area (Å²) in [7, 11) is 0. The van der Waals surface area contributed by atoms with E-state index in [9.17, 15) is 14.4 Å². The second-order valence-electron chi connectivity index (χ2n) is 8.48. The molecular formula is C21H28N4O4. The molecule has 0 aliphatic carbocycles. The van der Waals surface area contributed by atoms with Gasteiger partial charge in [0, 0.05) is 31.1 Å². The van der Waals surface area contributed by atoms with Crippen LogP contribution in [-0.4, -0.2) is 53.6 Å². The highest BCUT2D eigenvalue weighted by atomic mass is 16.5. The maximum Gasteiger partial charge on any atom is 0.255 e. The molecule has 2 saturated heterocycles. The van der Waals surface area contributed by atoms with Crippen molar-refractivity contribution in [3.63, 3.8) is 0 Å². The zero-order chi connectivity index (χ0) is 20.6. The predicted octanol–water partition coefficient (Wildman–Crippen LogP) is 0.652. The Bertz CT molecular complexity index is 838. The number of nitrogens with one attached hydrogen (secondary N) is 3. The second-order valence-corrected chi connectivity index (χ2v) is 8.48. The molecule has 2 fully saturated rings. The Morgan fingerprint density at radius 2 is 2.10 bits per heavy atom. The lowest BCUT2D eigenvalue weighted by atomic mass is 10.0. The SMILES string of the molecule is CC1(C)N[C@H](CCNCc2cccc3c2C(=O)N(C2CCC(=O)NC2=O)C3)CO1. The highest BCUT2D eigenvalue weighted by Gasteiger charge is 2.39. The van der Waals surface area contributed by atoms with E-state index < -0.39 is 6.04 Å². The van der Waals surface area contributed by atoms with E-state index in [0.717, 1.165) is 24.1 Å². The number of rotatable bonds is 6. The van der Waals surface area contributed by atoms with Gasteiger partial charge in [0.1, 0.15) is 11.8 Å². The average Bonchev–Trinajstić information content (AvgIpc) is 3.18. The molecule has 0 aromatic heterocycles. The largest absolute Gasteiger partial charge is 0.360 e. The van der Waals surface area contributed by atoms with Crippen LogP contribution in [0.25, 0.3) is 0 Å². The van der Waals surface area contributed by atoms with Crippen LogP contribution in [0.3, 0.4) is 0 Å². The van der Waals surface area contributed by atoms with E-state index in [0.29, 0.717) is 37.7 Å². The van der Waals surface area contributed by atoms with Gasteiger partial charge in [-0.05, 0) is 44.4 Å². The minimum absolute atomic E-state index is 0.125. The molecule has 8 heteroatoms. The minimum Gasteiger partial charge on any atom is -0.360 e. The van der Waals surface area contributed by atoms with E-state index in [1.54, 1.807) is 4.90 Å². The first-order chi connectivity index (χ1) is 13.8. The average molecular weight is 400 g/mol. The van der Waals surface area contributed by atoms with Crippen LogP contribution in [0.4, 0.5) is 0 Å². The topological polar surface area (TPSA) is 99.8 Å². The number of carbonyl (C=O) groups is 3. The number of hydrogen-bond acceptors (Lipinski definition) is 6. The highest BCUT2D eigenvalue weighted by molar-refractivity contribution is 6.05. The Labute approximate surface area is 170 Å². The number of amides is 3. The van der Waals surface area contributed by atoms with Crippen LogP contribution in [0, 0.1) is 0 Å². The van der Waals surface area contributed by atoms with Crippen LogP contribution in [0.2, 0.25) is 0 Å². The van der Waals surface area contributed by atoms with E-state index in [1.165, 1.54) is 0 Å². The summed E-state index contributed by atoms with van der Waals surface area (Å²) in [6.45, 7) is 6.56. The van der Waals surface area contributed by atoms with Crippen molar-refractivity contribution in [3.05, 3.63) is 34.9 Å². The molecule has 0 spiro atoms. The van der Waals surface area contributed by atoms with Crippen LogP contribution < -0.4 is 16.0 Å². The summed E-state index contributed by atoms with van der Waals surface area (Å²) in [6.07, 6.45) is 1.58. The fourth-order valence-corrected chi connectivity index (χ4v) is 4.38. The lowest BCUT2D eigenvalue weighted by Crippen LogP contribution is -2.52. The van der Waals surface area contributed by atoms with Gasteiger partial charge in [0.25, 0.3) is 5.91 Å². The molecule has 1 aromatic carbocycles. The van der Waals surface area contributed by atoms with Gasteiger partial charge in [-0.1, -0.05) is 18.2 Å². The molecule has 3 N–H and O–H groups in total. The van der Waals surface area contributed by atoms with Crippen molar-refractivity contribution in [1.82, 2.24) is 20.9 Å². The van der Waals surface area contributed by atoms with Gasteiger partial charge < -0.3 is 15.0 Å². The maximum atomic E-state index is 13.1. The monoisotopic (exact) mass is 400 g/mol. The predicted molar refractivity (Wildman–Crippen MR) is 106 cm³/mol. The molecule has 3 aliphatic heterocycles. The van der Waals surface area contributed by atoms with Crippen LogP contribution in [0.1, 0.15) is 54.6 Å². The molecule has 8 nitrogen and oxygen atoms in total. The molecular weight excluding hydrogens is 372 g/mol. The van der Waals surface area contributed by atoms with Crippen molar-refractivity contribution in [2.75, 3.05) is 13.2 Å². The van der Waals surface area contributed by atoms with Crippen molar-refractivity contribution < 1.29 is 19.1 Å². The van der Waals surface area contributed by atoms with Crippen LogP contribution in [0.15, 0.2) is 18.2 Å². The van der Waals surface area contributed by atoms with Crippen molar-refractivity contribution >= 4 is 17.7 Å². The molecule has 3 aliphatic rings. The molecule has 0 bridgehead atoms. The van der Waals surface area contributed by atoms with Gasteiger partial charge in [-0.3, -0.25) is 25.0 Å². The van der Waals surface area contributed by atoms with E-state index in [2.05, 4.69) is 16.0 Å². The second kappa shape index (κ2) is 7.85. The number of ether oxygens (including phenoxy) is 1. The molecule has 3 heterocycles. The Morgan fingerprint density at radius 1 is 1.28 bits per heavy atom. The van der Waals surface area contributed by atoms with E-state index in [-0.39, 0.29) is 29.9 Å². The van der Waals surface area contributed by atoms with Crippen molar-refractivity contribution in [3.8, 4) is 0 Å². The number of nitrogens with zero attached hydrogens (tertiary/aromatic N) is 1. The molecule has 156 valence electrons. The highest BCUT2D eigenvalue weighted by Crippen LogP contribution is 2.29. The minimum atomic E-state index is -0.579. The standard InChI is InChI=1S/C21H28N4O4/c1-21(2)24-15(12-29-21)8-9-22-10-13-4-3-5-14-11-25(20(28)18(13)14)16-6-7-17(26)23-19(16)27/h3-5,15-16,22,24H,6-12H2,1-2H3,(H,23,26,27)/t15-,16?/m1/s1. The van der Waals surface area contributed by atoms with Gasteiger partial charge >= 0.3 is 0 Å². The summed E-state index contributed by atoms with van der Waals surface area (Å²) in [5.41, 5.74) is 2.30. The quantitative estimate of drug-likeness (QED) is 0.479. The van der Waals surface area contributed by atoms with Crippen molar-refractivity contribution in [2.24, 2.45) is 0 Å². The molecule has 29 heavy (non-hydrogen) atoms. The van der Waals surface area contributed by atoms with E-state index in [1.807, 2.05) is 32.0 Å². The summed E-state index contributed by atoms with van der Waals surface area (Å²) >= 11 is 0. The number of imide groups is 1. The zero-order valence-corrected chi connectivity index (χ0v) is 16.9. The zero-order valence-electron chi connectivity index (χ0n) is 16.9. The first-order valence-electron chi connectivity index (χ1n) is 10.2. The van der Waals surface area contributed by atoms with Crippen molar-refractivity contribution in [1.29, 1.82) is 0 Å². The van der Waals surface area contributed by atoms with E-state index in [4.69, 9.17) is 4.74 Å². The molecule has 0 saturated carbocycles. The summed E-state index contributed by atoms with van der Waals surface area (Å²) in [6, 6.07) is 5.59. The lowest BCUT2D eigenvalue weighted by Gasteiger charge is -2.29. The number of hydrogen-bond donors (Lipinski definition) is 3. The first kappa shape index (κ1) is 20.0. The number of carbonyl (C=O) groups excluding carboxylic acids is 3. The summed E-state index contributed by atoms with van der Waals surface area (Å²) in [5.74, 6) is -0.776. The third-order valence-electron chi connectivity index (χ3n) is 5.82. The molecule has 3 amide bonds. The molecule has 1 aromatic rings. The molecule has 2 atom stereocenters. The third-order valence-corrected chi connectivity index (χ3v) is 5.82. The smallest absolute Gasteiger partial charge is 0.255 e. The fraction of sp³-hybridized carbons (Fsp3) is 0.571. The maximum absolute atomic E-state index is 13.1. The summed E-state index contributed by atoms with van der Waals surface area (Å²) in [5, 5.41) is 9.21. The Balaban J connectivity index is 1.36. The molecule has 0 radical (unpaired) electrons. The number of fused-ring (bicyclic) bond motifs is 1. The first-order valence-corrected chi connectivity index (χ1v) is 10.2. The van der Waals surface area contributed by atoms with Gasteiger partial charge in [-0.2, -0.15) is 0 Å². The Kier molecular flexibility index (Phi) is 5.42. The Morgan fingerprint density at radius 3 is 2.83 bits per heavy atom. The van der Waals surface area contributed by atoms with Gasteiger partial charge in [0.05, 0.1) is 6.61 Å². The van der Waals surface area contributed by atoms with Crippen molar-refractivity contribution in [2.45, 2.75) is 64.0 Å². The summed E-state index contributed by atoms with van der Waals surface area (Å²) in [4.78, 5) is 38.3. The number of piperidine rings is 1. The van der Waals surface area contributed by atoms with Gasteiger partial charge in [-0.25, -0.2) is 0 Å². The van der Waals surface area contributed by atoms with Gasteiger partial charge in [0.2, 0.25) is 11.8 Å². The summed E-state index contributed by atoms with van der Waals surface area (Å²) < 4.78 is 5.68. The van der Waals surface area contributed by atoms with Crippen LogP contribution >= 0.6 is 0 Å². The van der Waals surface area contributed by atoms with E-state index >= 15 is 0 Å². The van der Waals surface area contributed by atoms with Crippen LogP contribution in [0.5, 0.6) is 0 Å². The Hall–Kier alpha value is -2.29. The third kappa shape index (κ3) is 4.19. The molecule has 1 unspecified atom stereocenters. The van der Waals surface area contributed by atoms with Gasteiger partial charge in [0.15, 0.2) is 0 Å². The molecule has 4 rings (SSSR count).